The summed E-state index contributed by atoms with van der Waals surface area (Å²) < 4.78 is 6.28. The number of nitrogens with one attached hydrogen (secondary N) is 1. The van der Waals surface area contributed by atoms with Gasteiger partial charge in [0.25, 0.3) is 5.69 Å². The molecule has 2 aromatic carbocycles. The van der Waals surface area contributed by atoms with E-state index >= 15 is 0 Å². The highest BCUT2D eigenvalue weighted by Crippen LogP contribution is 2.26. The lowest BCUT2D eigenvalue weighted by Crippen LogP contribution is -2.11. The summed E-state index contributed by atoms with van der Waals surface area (Å²) in [7, 11) is 0. The van der Waals surface area contributed by atoms with Crippen LogP contribution in [0.3, 0.4) is 0 Å². The summed E-state index contributed by atoms with van der Waals surface area (Å²) in [4.78, 5) is 10.2. The maximum atomic E-state index is 10.7. The van der Waals surface area contributed by atoms with E-state index in [1.807, 2.05) is 31.2 Å². The minimum atomic E-state index is -0.421. The zero-order valence-electron chi connectivity index (χ0n) is 11.5. The largest absolute Gasteiger partial charge is 0.492 e. The van der Waals surface area contributed by atoms with Crippen molar-refractivity contribution >= 4 is 27.3 Å². The second-order valence-corrected chi connectivity index (χ2v) is 5.37. The maximum absolute atomic E-state index is 10.7. The Hall–Kier alpha value is -2.08. The van der Waals surface area contributed by atoms with Gasteiger partial charge in [0.2, 0.25) is 0 Å². The number of nitro groups is 1. The molecule has 0 saturated carbocycles. The number of nitro benzene ring substituents is 1. The number of ether oxygens (including phenoxy) is 1. The number of non-ortho nitro benzene ring substituents is 1. The summed E-state index contributed by atoms with van der Waals surface area (Å²) in [5.74, 6) is 0.833. The summed E-state index contributed by atoms with van der Waals surface area (Å²) in [5.41, 5.74) is 2.01. The number of halogens is 1. The van der Waals surface area contributed by atoms with Gasteiger partial charge in [0.15, 0.2) is 0 Å². The van der Waals surface area contributed by atoms with Crippen molar-refractivity contribution in [2.24, 2.45) is 0 Å². The van der Waals surface area contributed by atoms with Gasteiger partial charge < -0.3 is 10.1 Å². The summed E-state index contributed by atoms with van der Waals surface area (Å²) in [5, 5.41) is 13.8. The van der Waals surface area contributed by atoms with Gasteiger partial charge >= 0.3 is 0 Å². The van der Waals surface area contributed by atoms with Crippen molar-refractivity contribution in [2.45, 2.75) is 6.92 Å². The van der Waals surface area contributed by atoms with Crippen molar-refractivity contribution in [3.63, 3.8) is 0 Å². The van der Waals surface area contributed by atoms with E-state index in [2.05, 4.69) is 21.2 Å². The first kappa shape index (κ1) is 15.3. The molecule has 0 aliphatic heterocycles. The van der Waals surface area contributed by atoms with Gasteiger partial charge in [-0.1, -0.05) is 12.1 Å². The van der Waals surface area contributed by atoms with Crippen LogP contribution >= 0.6 is 15.9 Å². The predicted molar refractivity (Wildman–Crippen MR) is 86.0 cm³/mol. The molecule has 0 aromatic heterocycles. The Bertz CT molecular complexity index is 647. The molecule has 0 atom stereocenters. The number of nitrogens with zero attached hydrogens (tertiary/aromatic N) is 1. The average Bonchev–Trinajstić information content (AvgIpc) is 2.45. The van der Waals surface area contributed by atoms with Crippen LogP contribution in [0.2, 0.25) is 0 Å². The molecule has 0 bridgehead atoms. The molecule has 6 heteroatoms. The van der Waals surface area contributed by atoms with E-state index in [4.69, 9.17) is 4.74 Å². The third kappa shape index (κ3) is 4.46. The highest BCUT2D eigenvalue weighted by atomic mass is 79.9. The monoisotopic (exact) mass is 350 g/mol. The van der Waals surface area contributed by atoms with E-state index < -0.39 is 4.92 Å². The van der Waals surface area contributed by atoms with Crippen LogP contribution in [0.25, 0.3) is 0 Å². The normalized spacial score (nSPS) is 10.2. The molecule has 0 aliphatic rings. The Morgan fingerprint density at radius 2 is 2.10 bits per heavy atom. The smallest absolute Gasteiger partial charge is 0.270 e. The molecule has 5 nitrogen and oxygen atoms in total. The highest BCUT2D eigenvalue weighted by molar-refractivity contribution is 9.10. The molecule has 1 N–H and O–H groups in total. The van der Waals surface area contributed by atoms with Crippen LogP contribution in [0.4, 0.5) is 11.4 Å². The van der Waals surface area contributed by atoms with Crippen LogP contribution < -0.4 is 10.1 Å². The summed E-state index contributed by atoms with van der Waals surface area (Å²) in [6.45, 7) is 3.12. The van der Waals surface area contributed by atoms with Crippen molar-refractivity contribution in [3.8, 4) is 5.75 Å². The fourth-order valence-corrected chi connectivity index (χ4v) is 2.33. The first-order chi connectivity index (χ1) is 10.1. The third-order valence-electron chi connectivity index (χ3n) is 2.84. The Morgan fingerprint density at radius 1 is 1.29 bits per heavy atom. The molecular weight excluding hydrogens is 336 g/mol. The van der Waals surface area contributed by atoms with Crippen molar-refractivity contribution in [3.05, 3.63) is 62.6 Å². The van der Waals surface area contributed by atoms with Crippen LogP contribution in [-0.4, -0.2) is 18.1 Å². The average molecular weight is 351 g/mol. The lowest BCUT2D eigenvalue weighted by atomic mass is 10.2. The molecule has 0 aliphatic carbocycles. The van der Waals surface area contributed by atoms with E-state index in [1.165, 1.54) is 12.1 Å². The van der Waals surface area contributed by atoms with E-state index in [0.29, 0.717) is 17.6 Å². The number of rotatable bonds is 6. The number of hydrogen-bond donors (Lipinski definition) is 1. The van der Waals surface area contributed by atoms with Gasteiger partial charge in [-0.2, -0.15) is 0 Å². The standard InChI is InChI=1S/C15H15BrN2O3/c1-11-3-2-4-13(9-11)21-8-7-17-15-6-5-12(18(19)20)10-14(15)16/h2-6,9-10,17H,7-8H2,1H3. The molecule has 0 fully saturated rings. The molecule has 2 rings (SSSR count). The minimum absolute atomic E-state index is 0.0587. The minimum Gasteiger partial charge on any atom is -0.492 e. The van der Waals surface area contributed by atoms with Gasteiger partial charge in [-0.25, -0.2) is 0 Å². The van der Waals surface area contributed by atoms with E-state index in [9.17, 15) is 10.1 Å². The van der Waals surface area contributed by atoms with Crippen molar-refractivity contribution < 1.29 is 9.66 Å². The molecule has 0 radical (unpaired) electrons. The van der Waals surface area contributed by atoms with Crippen molar-refractivity contribution in [1.82, 2.24) is 0 Å². The Morgan fingerprint density at radius 3 is 2.76 bits per heavy atom. The molecule has 2 aromatic rings. The van der Waals surface area contributed by atoms with Gasteiger partial charge in [-0.15, -0.1) is 0 Å². The Kier molecular flexibility index (Phi) is 5.16. The van der Waals surface area contributed by atoms with E-state index in [-0.39, 0.29) is 5.69 Å². The quantitative estimate of drug-likeness (QED) is 0.482. The molecule has 0 unspecified atom stereocenters. The highest BCUT2D eigenvalue weighted by Gasteiger charge is 2.08. The van der Waals surface area contributed by atoms with E-state index in [1.54, 1.807) is 6.07 Å². The second-order valence-electron chi connectivity index (χ2n) is 4.51. The van der Waals surface area contributed by atoms with E-state index in [0.717, 1.165) is 17.0 Å². The molecule has 110 valence electrons. The lowest BCUT2D eigenvalue weighted by Gasteiger charge is -2.10. The first-order valence-electron chi connectivity index (χ1n) is 6.43. The topological polar surface area (TPSA) is 64.4 Å². The molecule has 0 saturated heterocycles. The fraction of sp³-hybridized carbons (Fsp3) is 0.200. The van der Waals surface area contributed by atoms with Gasteiger partial charge in [-0.3, -0.25) is 10.1 Å². The van der Waals surface area contributed by atoms with Crippen LogP contribution in [0.5, 0.6) is 5.75 Å². The van der Waals surface area contributed by atoms with Crippen molar-refractivity contribution in [1.29, 1.82) is 0 Å². The van der Waals surface area contributed by atoms with Crippen LogP contribution in [0, 0.1) is 17.0 Å². The van der Waals surface area contributed by atoms with Gasteiger partial charge in [0.05, 0.1) is 4.92 Å². The van der Waals surface area contributed by atoms with Crippen molar-refractivity contribution in [2.75, 3.05) is 18.5 Å². The summed E-state index contributed by atoms with van der Waals surface area (Å²) >= 11 is 3.31. The summed E-state index contributed by atoms with van der Waals surface area (Å²) in [6, 6.07) is 12.5. The molecule has 21 heavy (non-hydrogen) atoms. The third-order valence-corrected chi connectivity index (χ3v) is 3.50. The molecule has 0 amide bonds. The van der Waals surface area contributed by atoms with Crippen LogP contribution in [0.15, 0.2) is 46.9 Å². The fourth-order valence-electron chi connectivity index (χ4n) is 1.82. The number of anilines is 1. The SMILES string of the molecule is Cc1cccc(OCCNc2ccc([N+](=O)[O-])cc2Br)c1. The zero-order valence-corrected chi connectivity index (χ0v) is 13.1. The molecule has 0 spiro atoms. The zero-order chi connectivity index (χ0) is 15.2. The predicted octanol–water partition coefficient (Wildman–Crippen LogP) is 4.16. The van der Waals surface area contributed by atoms with Gasteiger partial charge in [-0.05, 0) is 46.6 Å². The lowest BCUT2D eigenvalue weighted by molar-refractivity contribution is -0.384. The van der Waals surface area contributed by atoms with Gasteiger partial charge in [0.1, 0.15) is 12.4 Å². The Labute approximate surface area is 131 Å². The Balaban J connectivity index is 1.85. The second kappa shape index (κ2) is 7.08. The first-order valence-corrected chi connectivity index (χ1v) is 7.23. The van der Waals surface area contributed by atoms with Crippen LogP contribution in [0.1, 0.15) is 5.56 Å². The number of aryl methyl sites for hydroxylation is 1. The maximum Gasteiger partial charge on any atom is 0.270 e. The molecular formula is C15H15BrN2O3. The molecule has 0 heterocycles. The number of hydrogen-bond acceptors (Lipinski definition) is 4. The summed E-state index contributed by atoms with van der Waals surface area (Å²) in [6.07, 6.45) is 0. The van der Waals surface area contributed by atoms with Crippen LogP contribution in [-0.2, 0) is 0 Å². The number of benzene rings is 2. The van der Waals surface area contributed by atoms with Gasteiger partial charge in [0, 0.05) is 28.8 Å².